The first kappa shape index (κ1) is 7.99. The minimum absolute atomic E-state index is 0.378. The molecule has 13 heavy (non-hydrogen) atoms. The molecule has 2 aromatic carbocycles. The van der Waals surface area contributed by atoms with E-state index in [4.69, 9.17) is 0 Å². The minimum Gasteiger partial charge on any atom is -0.207 e. The molecule has 0 aromatic heterocycles. The standard InChI is InChI=1S/C12H9F/c1-9(13)11-8-4-6-10-5-2-3-7-12(10)11/h2-8H,1H2. The van der Waals surface area contributed by atoms with Gasteiger partial charge in [-0.1, -0.05) is 49.0 Å². The highest BCUT2D eigenvalue weighted by molar-refractivity contribution is 5.91. The summed E-state index contributed by atoms with van der Waals surface area (Å²) < 4.78 is 13.0. The van der Waals surface area contributed by atoms with Crippen molar-refractivity contribution in [2.45, 2.75) is 0 Å². The van der Waals surface area contributed by atoms with Gasteiger partial charge in [-0.3, -0.25) is 0 Å². The highest BCUT2D eigenvalue weighted by Gasteiger charge is 2.01. The fraction of sp³-hybridized carbons (Fsp3) is 0. The van der Waals surface area contributed by atoms with Gasteiger partial charge in [0.2, 0.25) is 0 Å². The highest BCUT2D eigenvalue weighted by Crippen LogP contribution is 2.24. The molecule has 2 aromatic rings. The number of halogens is 1. The summed E-state index contributed by atoms with van der Waals surface area (Å²) in [5.74, 6) is -0.378. The van der Waals surface area contributed by atoms with Crippen molar-refractivity contribution in [3.05, 3.63) is 54.6 Å². The summed E-state index contributed by atoms with van der Waals surface area (Å²) in [4.78, 5) is 0. The lowest BCUT2D eigenvalue weighted by Crippen LogP contribution is -1.79. The lowest BCUT2D eigenvalue weighted by Gasteiger charge is -2.02. The summed E-state index contributed by atoms with van der Waals surface area (Å²) in [6.45, 7) is 3.31. The van der Waals surface area contributed by atoms with E-state index in [0.29, 0.717) is 5.56 Å². The van der Waals surface area contributed by atoms with Crippen molar-refractivity contribution in [3.63, 3.8) is 0 Å². The van der Waals surface area contributed by atoms with Gasteiger partial charge in [0.25, 0.3) is 0 Å². The van der Waals surface area contributed by atoms with Gasteiger partial charge in [-0.25, -0.2) is 4.39 Å². The largest absolute Gasteiger partial charge is 0.207 e. The number of fused-ring (bicyclic) bond motifs is 1. The van der Waals surface area contributed by atoms with Gasteiger partial charge in [0.05, 0.1) is 0 Å². The fourth-order valence-corrected chi connectivity index (χ4v) is 1.46. The molecule has 2 rings (SSSR count). The Morgan fingerprint density at radius 1 is 1.00 bits per heavy atom. The number of hydrogen-bond donors (Lipinski definition) is 0. The zero-order valence-electron chi connectivity index (χ0n) is 7.13. The van der Waals surface area contributed by atoms with Crippen LogP contribution in [0, 0.1) is 0 Å². The third kappa shape index (κ3) is 1.33. The molecule has 64 valence electrons. The van der Waals surface area contributed by atoms with E-state index in [1.807, 2.05) is 36.4 Å². The van der Waals surface area contributed by atoms with Gasteiger partial charge in [0.15, 0.2) is 0 Å². The molecule has 0 saturated carbocycles. The molecule has 0 atom stereocenters. The summed E-state index contributed by atoms with van der Waals surface area (Å²) in [6.07, 6.45) is 0. The Hall–Kier alpha value is -1.63. The maximum Gasteiger partial charge on any atom is 0.123 e. The van der Waals surface area contributed by atoms with E-state index in [2.05, 4.69) is 6.58 Å². The molecule has 0 aliphatic heterocycles. The second kappa shape index (κ2) is 3.02. The Bertz CT molecular complexity index is 452. The number of benzene rings is 2. The topological polar surface area (TPSA) is 0 Å². The first-order valence-corrected chi connectivity index (χ1v) is 4.11. The maximum absolute atomic E-state index is 13.0. The van der Waals surface area contributed by atoms with Crippen LogP contribution in [0.5, 0.6) is 0 Å². The van der Waals surface area contributed by atoms with Crippen molar-refractivity contribution < 1.29 is 4.39 Å². The monoisotopic (exact) mass is 172 g/mol. The van der Waals surface area contributed by atoms with E-state index in [-0.39, 0.29) is 5.83 Å². The van der Waals surface area contributed by atoms with Crippen LogP contribution >= 0.6 is 0 Å². The van der Waals surface area contributed by atoms with Crippen LogP contribution in [0.2, 0.25) is 0 Å². The van der Waals surface area contributed by atoms with E-state index >= 15 is 0 Å². The summed E-state index contributed by atoms with van der Waals surface area (Å²) in [5, 5.41) is 1.95. The molecule has 0 radical (unpaired) electrons. The zero-order chi connectivity index (χ0) is 9.26. The molecule has 1 heteroatoms. The van der Waals surface area contributed by atoms with Crippen LogP contribution in [0.4, 0.5) is 4.39 Å². The van der Waals surface area contributed by atoms with E-state index in [0.717, 1.165) is 10.8 Å². The molecule has 0 nitrogen and oxygen atoms in total. The van der Waals surface area contributed by atoms with Gasteiger partial charge >= 0.3 is 0 Å². The summed E-state index contributed by atoms with van der Waals surface area (Å²) in [5.41, 5.74) is 0.582. The minimum atomic E-state index is -0.378. The Labute approximate surface area is 76.3 Å². The number of hydrogen-bond acceptors (Lipinski definition) is 0. The van der Waals surface area contributed by atoms with E-state index in [9.17, 15) is 4.39 Å². The fourth-order valence-electron chi connectivity index (χ4n) is 1.46. The van der Waals surface area contributed by atoms with Crippen LogP contribution in [0.1, 0.15) is 5.56 Å². The summed E-state index contributed by atoms with van der Waals surface area (Å²) >= 11 is 0. The third-order valence-electron chi connectivity index (χ3n) is 2.08. The normalized spacial score (nSPS) is 10.2. The Balaban J connectivity index is 2.83. The van der Waals surface area contributed by atoms with Crippen molar-refractivity contribution >= 4 is 16.6 Å². The molecule has 0 heterocycles. The molecule has 0 aliphatic rings. The Morgan fingerprint density at radius 3 is 2.46 bits per heavy atom. The first-order chi connectivity index (χ1) is 6.29. The molecule has 0 N–H and O–H groups in total. The molecule has 0 spiro atoms. The van der Waals surface area contributed by atoms with Crippen LogP contribution in [-0.2, 0) is 0 Å². The van der Waals surface area contributed by atoms with Gasteiger partial charge in [-0.15, -0.1) is 0 Å². The van der Waals surface area contributed by atoms with Gasteiger partial charge in [0.1, 0.15) is 5.83 Å². The molecule has 0 saturated heterocycles. The van der Waals surface area contributed by atoms with Crippen LogP contribution in [-0.4, -0.2) is 0 Å². The van der Waals surface area contributed by atoms with Crippen molar-refractivity contribution in [2.75, 3.05) is 0 Å². The van der Waals surface area contributed by atoms with Gasteiger partial charge in [-0.2, -0.15) is 0 Å². The predicted octanol–water partition coefficient (Wildman–Crippen LogP) is 3.78. The van der Waals surface area contributed by atoms with Crippen molar-refractivity contribution in [2.24, 2.45) is 0 Å². The number of rotatable bonds is 1. The SMILES string of the molecule is C=C(F)c1cccc2ccccc12. The van der Waals surface area contributed by atoms with E-state index in [1.165, 1.54) is 0 Å². The molecular weight excluding hydrogens is 163 g/mol. The zero-order valence-corrected chi connectivity index (χ0v) is 7.13. The highest BCUT2D eigenvalue weighted by atomic mass is 19.1. The van der Waals surface area contributed by atoms with Crippen LogP contribution in [0.15, 0.2) is 49.0 Å². The quantitative estimate of drug-likeness (QED) is 0.614. The molecule has 0 bridgehead atoms. The van der Waals surface area contributed by atoms with Crippen LogP contribution in [0.3, 0.4) is 0 Å². The second-order valence-corrected chi connectivity index (χ2v) is 2.93. The first-order valence-electron chi connectivity index (χ1n) is 4.11. The summed E-state index contributed by atoms with van der Waals surface area (Å²) in [7, 11) is 0. The third-order valence-corrected chi connectivity index (χ3v) is 2.08. The average molecular weight is 172 g/mol. The lowest BCUT2D eigenvalue weighted by molar-refractivity contribution is 0.765. The molecule has 0 fully saturated rings. The maximum atomic E-state index is 13.0. The van der Waals surface area contributed by atoms with Crippen molar-refractivity contribution in [3.8, 4) is 0 Å². The summed E-state index contributed by atoms with van der Waals surface area (Å²) in [6, 6.07) is 13.2. The molecular formula is C12H9F. The van der Waals surface area contributed by atoms with Gasteiger partial charge < -0.3 is 0 Å². The van der Waals surface area contributed by atoms with Crippen LogP contribution < -0.4 is 0 Å². The van der Waals surface area contributed by atoms with Gasteiger partial charge in [-0.05, 0) is 10.8 Å². The Kier molecular flexibility index (Phi) is 1.85. The Morgan fingerprint density at radius 2 is 1.69 bits per heavy atom. The van der Waals surface area contributed by atoms with Gasteiger partial charge in [0, 0.05) is 5.56 Å². The molecule has 0 aliphatic carbocycles. The van der Waals surface area contributed by atoms with E-state index < -0.39 is 0 Å². The predicted molar refractivity (Wildman–Crippen MR) is 54.1 cm³/mol. The van der Waals surface area contributed by atoms with E-state index in [1.54, 1.807) is 6.07 Å². The lowest BCUT2D eigenvalue weighted by atomic mass is 10.0. The van der Waals surface area contributed by atoms with Crippen LogP contribution in [0.25, 0.3) is 16.6 Å². The smallest absolute Gasteiger partial charge is 0.123 e. The second-order valence-electron chi connectivity index (χ2n) is 2.93. The van der Waals surface area contributed by atoms with Crippen molar-refractivity contribution in [1.29, 1.82) is 0 Å². The molecule has 0 unspecified atom stereocenters. The average Bonchev–Trinajstić information content (AvgIpc) is 2.17. The molecule has 0 amide bonds. The van der Waals surface area contributed by atoms with Crippen molar-refractivity contribution in [1.82, 2.24) is 0 Å².